The van der Waals surface area contributed by atoms with E-state index in [9.17, 15) is 8.42 Å². The third kappa shape index (κ3) is 3.73. The molecule has 1 saturated heterocycles. The monoisotopic (exact) mass is 385 g/mol. The average molecular weight is 385 g/mol. The Morgan fingerprint density at radius 3 is 2.41 bits per heavy atom. The number of hydrogen-bond acceptors (Lipinski definition) is 5. The van der Waals surface area contributed by atoms with Crippen LogP contribution in [0.5, 0.6) is 0 Å². The van der Waals surface area contributed by atoms with E-state index in [0.29, 0.717) is 32.7 Å². The summed E-state index contributed by atoms with van der Waals surface area (Å²) in [6.07, 6.45) is 3.05. The third-order valence-electron chi connectivity index (χ3n) is 4.94. The van der Waals surface area contributed by atoms with Crippen LogP contribution in [0.4, 0.5) is 0 Å². The van der Waals surface area contributed by atoms with Gasteiger partial charge in [-0.2, -0.15) is 4.31 Å². The van der Waals surface area contributed by atoms with Gasteiger partial charge in [-0.15, -0.1) is 0 Å². The molecule has 0 aliphatic carbocycles. The first kappa shape index (κ1) is 18.1. The van der Waals surface area contributed by atoms with Crippen molar-refractivity contribution in [3.05, 3.63) is 54.0 Å². The van der Waals surface area contributed by atoms with E-state index in [2.05, 4.69) is 45.6 Å². The Labute approximate surface area is 159 Å². The van der Waals surface area contributed by atoms with E-state index in [1.807, 2.05) is 12.1 Å². The molecule has 7 nitrogen and oxygen atoms in total. The number of fused-ring (bicyclic) bond motifs is 1. The Hall–Kier alpha value is -2.29. The van der Waals surface area contributed by atoms with Crippen LogP contribution in [0.2, 0.25) is 0 Å². The van der Waals surface area contributed by atoms with E-state index in [1.165, 1.54) is 16.1 Å². The van der Waals surface area contributed by atoms with Crippen molar-refractivity contribution in [3.63, 3.8) is 0 Å². The first-order valence-corrected chi connectivity index (χ1v) is 10.8. The number of sulfonamides is 1. The smallest absolute Gasteiger partial charge is 0.211 e. The van der Waals surface area contributed by atoms with Crippen LogP contribution in [0.15, 0.2) is 42.6 Å². The summed E-state index contributed by atoms with van der Waals surface area (Å²) in [7, 11) is -3.12. The van der Waals surface area contributed by atoms with Gasteiger partial charge >= 0.3 is 0 Å². The molecule has 142 valence electrons. The highest BCUT2D eigenvalue weighted by Gasteiger charge is 2.25. The van der Waals surface area contributed by atoms with Gasteiger partial charge in [0.1, 0.15) is 11.3 Å². The summed E-state index contributed by atoms with van der Waals surface area (Å²) in [5.41, 5.74) is 3.94. The SMILES string of the molecule is Cc1ccc(-n2c(CN3CCN(S(C)(=O)=O)CC3)nc3cccnc32)cc1. The third-order valence-corrected chi connectivity index (χ3v) is 6.25. The topological polar surface area (TPSA) is 71.3 Å². The molecule has 0 radical (unpaired) electrons. The molecule has 0 saturated carbocycles. The lowest BCUT2D eigenvalue weighted by Gasteiger charge is -2.32. The lowest BCUT2D eigenvalue weighted by molar-refractivity contribution is 0.178. The zero-order chi connectivity index (χ0) is 19.0. The van der Waals surface area contributed by atoms with Crippen molar-refractivity contribution in [1.82, 2.24) is 23.7 Å². The molecule has 1 aliphatic rings. The van der Waals surface area contributed by atoms with Crippen LogP contribution in [0, 0.1) is 6.92 Å². The number of nitrogens with zero attached hydrogens (tertiary/aromatic N) is 5. The van der Waals surface area contributed by atoms with Gasteiger partial charge in [0.25, 0.3) is 0 Å². The Morgan fingerprint density at radius 1 is 1.04 bits per heavy atom. The van der Waals surface area contributed by atoms with Gasteiger partial charge in [0.15, 0.2) is 5.65 Å². The molecule has 8 heteroatoms. The van der Waals surface area contributed by atoms with E-state index < -0.39 is 10.0 Å². The van der Waals surface area contributed by atoms with E-state index in [0.717, 1.165) is 22.7 Å². The molecule has 0 unspecified atom stereocenters. The molecule has 0 N–H and O–H groups in total. The molecule has 1 aliphatic heterocycles. The molecule has 0 spiro atoms. The minimum Gasteiger partial charge on any atom is -0.293 e. The molecule has 4 rings (SSSR count). The van der Waals surface area contributed by atoms with E-state index in [4.69, 9.17) is 4.98 Å². The molecule has 27 heavy (non-hydrogen) atoms. The van der Waals surface area contributed by atoms with Gasteiger partial charge in [0.2, 0.25) is 10.0 Å². The molecular weight excluding hydrogens is 362 g/mol. The summed E-state index contributed by atoms with van der Waals surface area (Å²) < 4.78 is 27.1. The zero-order valence-electron chi connectivity index (χ0n) is 15.5. The second-order valence-corrected chi connectivity index (χ2v) is 8.97. The largest absolute Gasteiger partial charge is 0.293 e. The zero-order valence-corrected chi connectivity index (χ0v) is 16.4. The minimum absolute atomic E-state index is 0.516. The fourth-order valence-electron chi connectivity index (χ4n) is 3.45. The molecule has 1 fully saturated rings. The molecule has 2 aromatic heterocycles. The highest BCUT2D eigenvalue weighted by Crippen LogP contribution is 2.22. The summed E-state index contributed by atoms with van der Waals surface area (Å²) in [5.74, 6) is 0.917. The predicted molar refractivity (Wildman–Crippen MR) is 105 cm³/mol. The van der Waals surface area contributed by atoms with Gasteiger partial charge in [-0.3, -0.25) is 9.47 Å². The van der Waals surface area contributed by atoms with Gasteiger partial charge < -0.3 is 0 Å². The number of hydrogen-bond donors (Lipinski definition) is 0. The van der Waals surface area contributed by atoms with E-state index in [-0.39, 0.29) is 0 Å². The maximum Gasteiger partial charge on any atom is 0.211 e. The van der Waals surface area contributed by atoms with Crippen molar-refractivity contribution < 1.29 is 8.42 Å². The van der Waals surface area contributed by atoms with Crippen LogP contribution in [0.25, 0.3) is 16.9 Å². The Balaban J connectivity index is 1.64. The number of rotatable bonds is 4. The molecule has 0 bridgehead atoms. The van der Waals surface area contributed by atoms with Crippen LogP contribution in [-0.4, -0.2) is 64.6 Å². The number of imidazole rings is 1. The average Bonchev–Trinajstić information content (AvgIpc) is 3.00. The van der Waals surface area contributed by atoms with Gasteiger partial charge in [-0.1, -0.05) is 17.7 Å². The van der Waals surface area contributed by atoms with Crippen LogP contribution in [0.1, 0.15) is 11.4 Å². The van der Waals surface area contributed by atoms with Crippen molar-refractivity contribution in [1.29, 1.82) is 0 Å². The van der Waals surface area contributed by atoms with Gasteiger partial charge in [0.05, 0.1) is 12.8 Å². The number of piperazine rings is 1. The van der Waals surface area contributed by atoms with E-state index in [1.54, 1.807) is 6.20 Å². The molecule has 3 heterocycles. The van der Waals surface area contributed by atoms with Crippen LogP contribution >= 0.6 is 0 Å². The Kier molecular flexibility index (Phi) is 4.71. The van der Waals surface area contributed by atoms with E-state index >= 15 is 0 Å². The van der Waals surface area contributed by atoms with Crippen molar-refractivity contribution in [2.24, 2.45) is 0 Å². The van der Waals surface area contributed by atoms with Crippen molar-refractivity contribution in [2.45, 2.75) is 13.5 Å². The normalized spacial score (nSPS) is 16.8. The first-order chi connectivity index (χ1) is 12.9. The van der Waals surface area contributed by atoms with Gasteiger partial charge in [0, 0.05) is 38.1 Å². The summed E-state index contributed by atoms with van der Waals surface area (Å²) >= 11 is 0. The van der Waals surface area contributed by atoms with Crippen molar-refractivity contribution in [2.75, 3.05) is 32.4 Å². The molecular formula is C19H23N5O2S. The Bertz CT molecular complexity index is 1050. The summed E-state index contributed by atoms with van der Waals surface area (Å²) in [6.45, 7) is 5.14. The molecule has 3 aromatic rings. The second-order valence-electron chi connectivity index (χ2n) is 6.98. The molecule has 0 atom stereocenters. The minimum atomic E-state index is -3.12. The maximum atomic E-state index is 11.7. The summed E-state index contributed by atoms with van der Waals surface area (Å²) in [5, 5.41) is 0. The fraction of sp³-hybridized carbons (Fsp3) is 0.368. The number of benzene rings is 1. The van der Waals surface area contributed by atoms with Crippen LogP contribution in [-0.2, 0) is 16.6 Å². The van der Waals surface area contributed by atoms with Crippen LogP contribution in [0.3, 0.4) is 0 Å². The molecule has 0 amide bonds. The summed E-state index contributed by atoms with van der Waals surface area (Å²) in [4.78, 5) is 11.6. The fourth-order valence-corrected chi connectivity index (χ4v) is 4.28. The maximum absolute atomic E-state index is 11.7. The number of pyridine rings is 1. The lowest BCUT2D eigenvalue weighted by atomic mass is 10.2. The van der Waals surface area contributed by atoms with Crippen molar-refractivity contribution >= 4 is 21.2 Å². The highest BCUT2D eigenvalue weighted by atomic mass is 32.2. The summed E-state index contributed by atoms with van der Waals surface area (Å²) in [6, 6.07) is 12.2. The second kappa shape index (κ2) is 7.03. The van der Waals surface area contributed by atoms with Gasteiger partial charge in [-0.05, 0) is 31.2 Å². The van der Waals surface area contributed by atoms with Crippen LogP contribution < -0.4 is 0 Å². The highest BCUT2D eigenvalue weighted by molar-refractivity contribution is 7.88. The number of aryl methyl sites for hydroxylation is 1. The Morgan fingerprint density at radius 2 is 1.74 bits per heavy atom. The number of aromatic nitrogens is 3. The lowest BCUT2D eigenvalue weighted by Crippen LogP contribution is -2.48. The van der Waals surface area contributed by atoms with Crippen molar-refractivity contribution in [3.8, 4) is 5.69 Å². The standard InChI is InChI=1S/C19H23N5O2S/c1-15-5-7-16(8-6-15)24-18(21-17-4-3-9-20-19(17)24)14-22-10-12-23(13-11-22)27(2,25)26/h3-9H,10-14H2,1-2H3. The quantitative estimate of drug-likeness (QED) is 0.685. The van der Waals surface area contributed by atoms with Gasteiger partial charge in [-0.25, -0.2) is 18.4 Å². The predicted octanol–water partition coefficient (Wildman–Crippen LogP) is 1.81. The first-order valence-electron chi connectivity index (χ1n) is 8.99. The molecule has 1 aromatic carbocycles.